The highest BCUT2D eigenvalue weighted by Crippen LogP contribution is 2.17. The van der Waals surface area contributed by atoms with Crippen molar-refractivity contribution >= 4 is 22.8 Å². The molecule has 0 aliphatic carbocycles. The number of hydrogen-bond donors (Lipinski definition) is 2. The minimum absolute atomic E-state index is 0.565. The molecule has 0 spiro atoms. The molecule has 1 aromatic carbocycles. The number of likely N-dealkylation sites (tertiary alicyclic amines) is 1. The summed E-state index contributed by atoms with van der Waals surface area (Å²) < 4.78 is 25.6. The van der Waals surface area contributed by atoms with Gasteiger partial charge in [0.15, 0.2) is 11.7 Å². The Morgan fingerprint density at radius 2 is 1.83 bits per heavy atom. The lowest BCUT2D eigenvalue weighted by Gasteiger charge is -2.26. The van der Waals surface area contributed by atoms with Gasteiger partial charge in [0.2, 0.25) is 0 Å². The van der Waals surface area contributed by atoms with Gasteiger partial charge in [-0.1, -0.05) is 18.6 Å². The van der Waals surface area contributed by atoms with E-state index in [2.05, 4.69) is 47.4 Å². The van der Waals surface area contributed by atoms with Gasteiger partial charge < -0.3 is 20.3 Å². The van der Waals surface area contributed by atoms with Crippen LogP contribution in [0.2, 0.25) is 0 Å². The molecule has 30 heavy (non-hydrogen) atoms. The minimum Gasteiger partial charge on any atom is -0.494 e. The zero-order valence-corrected chi connectivity index (χ0v) is 18.9. The third-order valence-electron chi connectivity index (χ3n) is 5.05. The maximum absolute atomic E-state index is 11.6. The fourth-order valence-electron chi connectivity index (χ4n) is 3.47. The number of benzene rings is 1. The molecule has 9 heteroatoms. The number of piperidine rings is 1. The summed E-state index contributed by atoms with van der Waals surface area (Å²) in [5.41, 5.74) is 1.31. The molecule has 0 saturated carbocycles. The number of nitrogens with zero attached hydrogens (tertiary/aromatic N) is 4. The lowest BCUT2D eigenvalue weighted by atomic mass is 10.1. The van der Waals surface area contributed by atoms with Crippen molar-refractivity contribution in [3.8, 4) is 5.75 Å². The standard InChI is InChI=1S/C21H34N6O2S/c1-26(2)14-11-23-21-20(24-30(28)25-21)22-10-7-15-29-19-9-6-8-18(16-19)17-27-12-4-3-5-13-27/h6,8-9,16H,3-5,7,10-15,17H2,1-2H3,(H,22,24)(H,23,25). The Morgan fingerprint density at radius 1 is 1.10 bits per heavy atom. The summed E-state index contributed by atoms with van der Waals surface area (Å²) in [6, 6.07) is 8.39. The zero-order chi connectivity index (χ0) is 21.2. The third kappa shape index (κ3) is 7.70. The van der Waals surface area contributed by atoms with Crippen molar-refractivity contribution in [3.05, 3.63) is 29.8 Å². The van der Waals surface area contributed by atoms with Crippen LogP contribution in [0.3, 0.4) is 0 Å². The molecular formula is C21H34N6O2S. The molecule has 1 saturated heterocycles. The number of hydrogen-bond acceptors (Lipinski definition) is 6. The summed E-state index contributed by atoms with van der Waals surface area (Å²) in [7, 11) is 4.01. The maximum atomic E-state index is 11.6. The molecule has 2 aliphatic rings. The maximum Gasteiger partial charge on any atom is 0.269 e. The van der Waals surface area contributed by atoms with E-state index in [1.54, 1.807) is 0 Å². The van der Waals surface area contributed by atoms with E-state index in [4.69, 9.17) is 4.74 Å². The highest BCUT2D eigenvalue weighted by Gasteiger charge is 2.18. The summed E-state index contributed by atoms with van der Waals surface area (Å²) in [4.78, 5) is 4.59. The lowest BCUT2D eigenvalue weighted by molar-refractivity contribution is 0.220. The Kier molecular flexibility index (Phi) is 9.10. The van der Waals surface area contributed by atoms with Crippen LogP contribution in [0.4, 0.5) is 0 Å². The van der Waals surface area contributed by atoms with Crippen molar-refractivity contribution in [2.75, 3.05) is 53.4 Å². The molecule has 1 fully saturated rings. The van der Waals surface area contributed by atoms with Gasteiger partial charge in [0, 0.05) is 26.2 Å². The minimum atomic E-state index is -1.54. The largest absolute Gasteiger partial charge is 0.494 e. The number of likely N-dealkylation sites (N-methyl/N-ethyl adjacent to an activating group) is 1. The highest BCUT2D eigenvalue weighted by molar-refractivity contribution is 7.83. The van der Waals surface area contributed by atoms with Crippen molar-refractivity contribution in [1.29, 1.82) is 0 Å². The van der Waals surface area contributed by atoms with Gasteiger partial charge in [-0.15, -0.1) is 8.80 Å². The van der Waals surface area contributed by atoms with E-state index in [0.29, 0.717) is 24.8 Å². The Morgan fingerprint density at radius 3 is 2.57 bits per heavy atom. The summed E-state index contributed by atoms with van der Waals surface area (Å²) in [5, 5.41) is 6.40. The molecule has 166 valence electrons. The molecule has 0 radical (unpaired) electrons. The van der Waals surface area contributed by atoms with E-state index in [9.17, 15) is 4.21 Å². The van der Waals surface area contributed by atoms with Crippen molar-refractivity contribution in [3.63, 3.8) is 0 Å². The fraction of sp³-hybridized carbons (Fsp3) is 0.619. The fourth-order valence-corrected chi connectivity index (χ4v) is 4.13. The Bertz CT molecular complexity index is 762. The number of rotatable bonds is 10. The van der Waals surface area contributed by atoms with Gasteiger partial charge in [0.25, 0.3) is 11.2 Å². The van der Waals surface area contributed by atoms with Crippen LogP contribution in [0.5, 0.6) is 5.75 Å². The quantitative estimate of drug-likeness (QED) is 0.544. The molecule has 3 rings (SSSR count). The molecule has 2 heterocycles. The van der Waals surface area contributed by atoms with E-state index in [0.717, 1.165) is 31.8 Å². The predicted molar refractivity (Wildman–Crippen MR) is 123 cm³/mol. The number of ether oxygens (including phenoxy) is 1. The average Bonchev–Trinajstić information content (AvgIpc) is 3.08. The van der Waals surface area contributed by atoms with Crippen LogP contribution in [0.1, 0.15) is 31.2 Å². The monoisotopic (exact) mass is 434 g/mol. The molecule has 8 nitrogen and oxygen atoms in total. The Balaban J connectivity index is 1.36. The third-order valence-corrected chi connectivity index (χ3v) is 5.73. The Hall–Kier alpha value is -1.97. The molecule has 1 aromatic rings. The summed E-state index contributed by atoms with van der Waals surface area (Å²) >= 11 is -1.54. The van der Waals surface area contributed by atoms with Gasteiger partial charge in [-0.3, -0.25) is 4.90 Å². The zero-order valence-electron chi connectivity index (χ0n) is 18.1. The second-order valence-corrected chi connectivity index (χ2v) is 8.78. The van der Waals surface area contributed by atoms with Gasteiger partial charge in [-0.2, -0.15) is 0 Å². The van der Waals surface area contributed by atoms with Crippen molar-refractivity contribution in [2.45, 2.75) is 32.2 Å². The molecule has 1 unspecified atom stereocenters. The summed E-state index contributed by atoms with van der Waals surface area (Å²) in [6.45, 7) is 6.26. The average molecular weight is 435 g/mol. The summed E-state index contributed by atoms with van der Waals surface area (Å²) in [6.07, 6.45) is 4.78. The SMILES string of the molecule is CN(C)CCNC1=NS(=O)N=C1NCCCOc1cccc(CN2CCCCC2)c1. The second-order valence-electron chi connectivity index (χ2n) is 7.95. The van der Waals surface area contributed by atoms with E-state index >= 15 is 0 Å². The van der Waals surface area contributed by atoms with Crippen molar-refractivity contribution in [2.24, 2.45) is 8.80 Å². The first-order valence-electron chi connectivity index (χ1n) is 10.8. The number of nitrogens with one attached hydrogen (secondary N) is 2. The van der Waals surface area contributed by atoms with Crippen LogP contribution < -0.4 is 15.4 Å². The van der Waals surface area contributed by atoms with Crippen LogP contribution in [0.25, 0.3) is 0 Å². The summed E-state index contributed by atoms with van der Waals surface area (Å²) in [5.74, 6) is 2.05. The van der Waals surface area contributed by atoms with Gasteiger partial charge in [-0.05, 0) is 64.1 Å². The van der Waals surface area contributed by atoms with E-state index < -0.39 is 11.2 Å². The normalized spacial score (nSPS) is 19.5. The van der Waals surface area contributed by atoms with Crippen molar-refractivity contribution in [1.82, 2.24) is 20.4 Å². The molecule has 2 aliphatic heterocycles. The molecular weight excluding hydrogens is 400 g/mol. The van der Waals surface area contributed by atoms with E-state index in [-0.39, 0.29) is 0 Å². The van der Waals surface area contributed by atoms with Crippen LogP contribution in [0.15, 0.2) is 33.1 Å². The molecule has 1 atom stereocenters. The van der Waals surface area contributed by atoms with Gasteiger partial charge in [-0.25, -0.2) is 4.21 Å². The number of amidine groups is 2. The lowest BCUT2D eigenvalue weighted by Crippen LogP contribution is -2.41. The smallest absolute Gasteiger partial charge is 0.269 e. The molecule has 0 amide bonds. The first-order chi connectivity index (χ1) is 14.6. The van der Waals surface area contributed by atoms with Crippen molar-refractivity contribution < 1.29 is 8.95 Å². The van der Waals surface area contributed by atoms with Gasteiger partial charge in [0.05, 0.1) is 6.61 Å². The predicted octanol–water partition coefficient (Wildman–Crippen LogP) is 1.57. The molecule has 0 aromatic heterocycles. The van der Waals surface area contributed by atoms with Gasteiger partial charge >= 0.3 is 0 Å². The van der Waals surface area contributed by atoms with E-state index in [1.165, 1.54) is 37.9 Å². The van der Waals surface area contributed by atoms with E-state index in [1.807, 2.05) is 20.2 Å². The van der Waals surface area contributed by atoms with Crippen LogP contribution in [-0.4, -0.2) is 79.1 Å². The Labute approximate surface area is 182 Å². The first kappa shape index (κ1) is 22.7. The highest BCUT2D eigenvalue weighted by atomic mass is 32.2. The van der Waals surface area contributed by atoms with Crippen LogP contribution in [0, 0.1) is 0 Å². The van der Waals surface area contributed by atoms with Crippen LogP contribution in [-0.2, 0) is 17.7 Å². The topological polar surface area (TPSA) is 81.6 Å². The van der Waals surface area contributed by atoms with Gasteiger partial charge in [0.1, 0.15) is 5.75 Å². The molecule has 2 N–H and O–H groups in total. The first-order valence-corrected chi connectivity index (χ1v) is 11.8. The van der Waals surface area contributed by atoms with Crippen LogP contribution >= 0.6 is 0 Å². The second kappa shape index (κ2) is 12.0. The molecule has 0 bridgehead atoms.